The Morgan fingerprint density at radius 3 is 2.60 bits per heavy atom. The van der Waals surface area contributed by atoms with Crippen molar-refractivity contribution in [1.29, 1.82) is 0 Å². The minimum atomic E-state index is -0.272. The molecule has 0 fully saturated rings. The van der Waals surface area contributed by atoms with Gasteiger partial charge in [-0.2, -0.15) is 0 Å². The maximum atomic E-state index is 11.8. The second-order valence-corrected chi connectivity index (χ2v) is 4.57. The van der Waals surface area contributed by atoms with E-state index < -0.39 is 0 Å². The fourth-order valence-corrected chi connectivity index (χ4v) is 1.93. The van der Waals surface area contributed by atoms with Crippen LogP contribution in [-0.4, -0.2) is 11.0 Å². The predicted octanol–water partition coefficient (Wildman–Crippen LogP) is 3.48. The van der Waals surface area contributed by atoms with Crippen molar-refractivity contribution in [3.05, 3.63) is 70.8 Å². The fourth-order valence-electron chi connectivity index (χ4n) is 1.73. The van der Waals surface area contributed by atoms with Crippen molar-refractivity contribution in [3.8, 4) is 0 Å². The summed E-state index contributed by atoms with van der Waals surface area (Å²) in [5.41, 5.74) is 2.05. The zero-order chi connectivity index (χ0) is 14.4. The number of hydrogen-bond donors (Lipinski definition) is 2. The van der Waals surface area contributed by atoms with Gasteiger partial charge in [0.15, 0.2) is 0 Å². The van der Waals surface area contributed by atoms with Crippen molar-refractivity contribution < 1.29 is 9.90 Å². The highest BCUT2D eigenvalue weighted by atomic mass is 35.5. The molecule has 20 heavy (non-hydrogen) atoms. The average molecular weight is 288 g/mol. The first-order valence-electron chi connectivity index (χ1n) is 6.13. The molecule has 4 heteroatoms. The second kappa shape index (κ2) is 6.89. The first kappa shape index (κ1) is 14.3. The van der Waals surface area contributed by atoms with Crippen LogP contribution in [0.5, 0.6) is 0 Å². The van der Waals surface area contributed by atoms with Crippen LogP contribution in [-0.2, 0) is 11.4 Å². The topological polar surface area (TPSA) is 49.3 Å². The molecule has 0 aliphatic rings. The molecule has 102 valence electrons. The number of aliphatic hydroxyl groups is 1. The highest BCUT2D eigenvalue weighted by Crippen LogP contribution is 2.17. The first-order chi connectivity index (χ1) is 9.70. The van der Waals surface area contributed by atoms with Gasteiger partial charge in [-0.15, -0.1) is 0 Å². The summed E-state index contributed by atoms with van der Waals surface area (Å²) < 4.78 is 0. The highest BCUT2D eigenvalue weighted by Gasteiger charge is 2.03. The molecule has 0 aliphatic carbocycles. The van der Waals surface area contributed by atoms with Crippen molar-refractivity contribution >= 4 is 29.3 Å². The summed E-state index contributed by atoms with van der Waals surface area (Å²) in [4.78, 5) is 11.8. The lowest BCUT2D eigenvalue weighted by atomic mass is 10.2. The molecule has 0 heterocycles. The lowest BCUT2D eigenvalue weighted by Crippen LogP contribution is -2.09. The van der Waals surface area contributed by atoms with Crippen LogP contribution in [0, 0.1) is 0 Å². The number of nitrogens with one attached hydrogen (secondary N) is 1. The van der Waals surface area contributed by atoms with Gasteiger partial charge in [-0.3, -0.25) is 4.79 Å². The number of hydrogen-bond acceptors (Lipinski definition) is 2. The van der Waals surface area contributed by atoms with Crippen LogP contribution in [0.2, 0.25) is 5.02 Å². The summed E-state index contributed by atoms with van der Waals surface area (Å²) in [7, 11) is 0. The molecule has 2 rings (SSSR count). The van der Waals surface area contributed by atoms with Gasteiger partial charge in [0.2, 0.25) is 5.91 Å². The normalized spacial score (nSPS) is 10.7. The first-order valence-corrected chi connectivity index (χ1v) is 6.51. The van der Waals surface area contributed by atoms with E-state index in [4.69, 9.17) is 11.6 Å². The maximum absolute atomic E-state index is 11.8. The van der Waals surface area contributed by atoms with Crippen LogP contribution in [0.15, 0.2) is 54.6 Å². The minimum absolute atomic E-state index is 0.120. The number of halogens is 1. The Hall–Kier alpha value is -2.10. The Morgan fingerprint density at radius 1 is 1.15 bits per heavy atom. The lowest BCUT2D eigenvalue weighted by molar-refractivity contribution is -0.111. The SMILES string of the molecule is O=C(C=Cc1ccccc1Cl)Nc1ccccc1CO. The van der Waals surface area contributed by atoms with Crippen LogP contribution in [0.1, 0.15) is 11.1 Å². The summed E-state index contributed by atoms with van der Waals surface area (Å²) in [5, 5.41) is 12.5. The van der Waals surface area contributed by atoms with Crippen molar-refractivity contribution in [1.82, 2.24) is 0 Å². The monoisotopic (exact) mass is 287 g/mol. The van der Waals surface area contributed by atoms with Crippen LogP contribution in [0.3, 0.4) is 0 Å². The smallest absolute Gasteiger partial charge is 0.248 e. The van der Waals surface area contributed by atoms with Gasteiger partial charge in [0.25, 0.3) is 0 Å². The van der Waals surface area contributed by atoms with Crippen molar-refractivity contribution in [2.24, 2.45) is 0 Å². The molecule has 0 aromatic heterocycles. The van der Waals surface area contributed by atoms with E-state index in [2.05, 4.69) is 5.32 Å². The van der Waals surface area contributed by atoms with E-state index in [9.17, 15) is 9.90 Å². The molecule has 0 saturated heterocycles. The van der Waals surface area contributed by atoms with E-state index in [1.165, 1.54) is 6.08 Å². The molecular weight excluding hydrogens is 274 g/mol. The zero-order valence-electron chi connectivity index (χ0n) is 10.7. The van der Waals surface area contributed by atoms with Gasteiger partial charge in [-0.1, -0.05) is 48.0 Å². The molecule has 0 bridgehead atoms. The van der Waals surface area contributed by atoms with Crippen molar-refractivity contribution in [2.45, 2.75) is 6.61 Å². The van der Waals surface area contributed by atoms with Gasteiger partial charge in [0.05, 0.1) is 6.61 Å². The van der Waals surface area contributed by atoms with Crippen LogP contribution >= 0.6 is 11.6 Å². The van der Waals surface area contributed by atoms with E-state index >= 15 is 0 Å². The summed E-state index contributed by atoms with van der Waals surface area (Å²) in [6.45, 7) is -0.120. The van der Waals surface area contributed by atoms with E-state index in [0.29, 0.717) is 16.3 Å². The van der Waals surface area contributed by atoms with Crippen molar-refractivity contribution in [3.63, 3.8) is 0 Å². The molecule has 0 aliphatic heterocycles. The Kier molecular flexibility index (Phi) is 4.93. The third-order valence-corrected chi connectivity index (χ3v) is 3.11. The summed E-state index contributed by atoms with van der Waals surface area (Å²) >= 11 is 6.00. The molecule has 2 aromatic carbocycles. The highest BCUT2D eigenvalue weighted by molar-refractivity contribution is 6.32. The van der Waals surface area contributed by atoms with E-state index in [1.54, 1.807) is 36.4 Å². The van der Waals surface area contributed by atoms with Gasteiger partial charge < -0.3 is 10.4 Å². The summed E-state index contributed by atoms with van der Waals surface area (Å²) in [6.07, 6.45) is 3.06. The van der Waals surface area contributed by atoms with E-state index in [0.717, 1.165) is 5.56 Å². The van der Waals surface area contributed by atoms with Crippen LogP contribution < -0.4 is 5.32 Å². The minimum Gasteiger partial charge on any atom is -0.392 e. The molecule has 1 amide bonds. The van der Waals surface area contributed by atoms with E-state index in [1.807, 2.05) is 18.2 Å². The van der Waals surface area contributed by atoms with Crippen LogP contribution in [0.4, 0.5) is 5.69 Å². The van der Waals surface area contributed by atoms with Gasteiger partial charge in [0, 0.05) is 22.3 Å². The largest absolute Gasteiger partial charge is 0.392 e. The van der Waals surface area contributed by atoms with Crippen LogP contribution in [0.25, 0.3) is 6.08 Å². The Morgan fingerprint density at radius 2 is 1.85 bits per heavy atom. The summed E-state index contributed by atoms with van der Waals surface area (Å²) in [5.74, 6) is -0.272. The number of anilines is 1. The second-order valence-electron chi connectivity index (χ2n) is 4.16. The molecule has 3 nitrogen and oxygen atoms in total. The maximum Gasteiger partial charge on any atom is 0.248 e. The third-order valence-electron chi connectivity index (χ3n) is 2.77. The van der Waals surface area contributed by atoms with Gasteiger partial charge in [-0.25, -0.2) is 0 Å². The van der Waals surface area contributed by atoms with Gasteiger partial charge >= 0.3 is 0 Å². The third kappa shape index (κ3) is 3.70. The number of rotatable bonds is 4. The molecule has 2 aromatic rings. The van der Waals surface area contributed by atoms with E-state index in [-0.39, 0.29) is 12.5 Å². The molecular formula is C16H14ClNO2. The molecule has 0 radical (unpaired) electrons. The Bertz CT molecular complexity index is 638. The van der Waals surface area contributed by atoms with Crippen molar-refractivity contribution in [2.75, 3.05) is 5.32 Å². The average Bonchev–Trinajstić information content (AvgIpc) is 2.47. The standard InChI is InChI=1S/C16H14ClNO2/c17-14-7-3-1-5-12(14)9-10-16(20)18-15-8-4-2-6-13(15)11-19/h1-10,19H,11H2,(H,18,20). The summed E-state index contributed by atoms with van der Waals surface area (Å²) in [6, 6.07) is 14.4. The number of para-hydroxylation sites is 1. The Balaban J connectivity index is 2.08. The zero-order valence-corrected chi connectivity index (χ0v) is 11.5. The number of aliphatic hydroxyl groups excluding tert-OH is 1. The lowest BCUT2D eigenvalue weighted by Gasteiger charge is -2.07. The Labute approximate surface area is 122 Å². The predicted molar refractivity (Wildman–Crippen MR) is 81.5 cm³/mol. The fraction of sp³-hybridized carbons (Fsp3) is 0.0625. The quantitative estimate of drug-likeness (QED) is 0.846. The number of carbonyl (C=O) groups is 1. The van der Waals surface area contributed by atoms with Gasteiger partial charge in [-0.05, 0) is 23.8 Å². The molecule has 0 saturated carbocycles. The molecule has 0 spiro atoms. The number of benzene rings is 2. The van der Waals surface area contributed by atoms with Gasteiger partial charge in [0.1, 0.15) is 0 Å². The molecule has 0 atom stereocenters. The number of carbonyl (C=O) groups excluding carboxylic acids is 1. The number of amides is 1. The molecule has 2 N–H and O–H groups in total. The molecule has 0 unspecified atom stereocenters.